The minimum atomic E-state index is -0.101. The van der Waals surface area contributed by atoms with Crippen molar-refractivity contribution in [3.63, 3.8) is 0 Å². The third-order valence-corrected chi connectivity index (χ3v) is 6.10. The Hall–Kier alpha value is -0.790. The largest absolute Gasteiger partial charge is 0.462 e. The van der Waals surface area contributed by atoms with Crippen molar-refractivity contribution in [1.82, 2.24) is 0 Å². The Morgan fingerprint density at radius 1 is 1.00 bits per heavy atom. The summed E-state index contributed by atoms with van der Waals surface area (Å²) in [4.78, 5) is 11.5. The molecule has 0 radical (unpaired) electrons. The van der Waals surface area contributed by atoms with Crippen LogP contribution < -0.4 is 0 Å². The predicted octanol–water partition coefficient (Wildman–Crippen LogP) is 6.05. The van der Waals surface area contributed by atoms with Gasteiger partial charge in [0, 0.05) is 0 Å². The van der Waals surface area contributed by atoms with Crippen LogP contribution in [-0.2, 0) is 9.53 Å². The lowest BCUT2D eigenvalue weighted by Gasteiger charge is -2.37. The van der Waals surface area contributed by atoms with E-state index in [2.05, 4.69) is 13.5 Å². The van der Waals surface area contributed by atoms with Crippen molar-refractivity contribution in [2.24, 2.45) is 17.8 Å². The molecule has 0 unspecified atom stereocenters. The van der Waals surface area contributed by atoms with E-state index >= 15 is 0 Å². The van der Waals surface area contributed by atoms with E-state index in [0.29, 0.717) is 6.42 Å². The van der Waals surface area contributed by atoms with Gasteiger partial charge in [-0.25, -0.2) is 0 Å². The molecule has 2 saturated carbocycles. The molecule has 0 amide bonds. The van der Waals surface area contributed by atoms with Crippen LogP contribution in [0.5, 0.6) is 0 Å². The predicted molar refractivity (Wildman–Crippen MR) is 96.2 cm³/mol. The maximum atomic E-state index is 11.5. The Morgan fingerprint density at radius 3 is 2.17 bits per heavy atom. The molecule has 2 fully saturated rings. The van der Waals surface area contributed by atoms with Crippen LogP contribution >= 0.6 is 0 Å². The average molecular weight is 321 g/mol. The fraction of sp³-hybridized carbons (Fsp3) is 0.857. The summed E-state index contributed by atoms with van der Waals surface area (Å²) in [5.74, 6) is 2.74. The number of carbonyl (C=O) groups excluding carboxylic acids is 1. The molecule has 23 heavy (non-hydrogen) atoms. The SMILES string of the molecule is C=CCC(=O)OC1CCC([C@H]2CC[C@H](CCCCC)CC2)CC1. The lowest BCUT2D eigenvalue weighted by molar-refractivity contribution is -0.150. The van der Waals surface area contributed by atoms with Crippen LogP contribution in [0.3, 0.4) is 0 Å². The van der Waals surface area contributed by atoms with E-state index in [1.54, 1.807) is 6.08 Å². The third-order valence-electron chi connectivity index (χ3n) is 6.10. The molecule has 0 heterocycles. The van der Waals surface area contributed by atoms with Crippen molar-refractivity contribution in [3.05, 3.63) is 12.7 Å². The second-order valence-electron chi connectivity index (χ2n) is 7.80. The van der Waals surface area contributed by atoms with E-state index in [-0.39, 0.29) is 12.1 Å². The number of ether oxygens (including phenoxy) is 1. The highest BCUT2D eigenvalue weighted by Crippen LogP contribution is 2.41. The third kappa shape index (κ3) is 6.31. The van der Waals surface area contributed by atoms with Crippen LogP contribution in [0.2, 0.25) is 0 Å². The molecule has 132 valence electrons. The number of carbonyl (C=O) groups is 1. The van der Waals surface area contributed by atoms with Gasteiger partial charge in [-0.1, -0.05) is 51.5 Å². The van der Waals surface area contributed by atoms with Gasteiger partial charge in [-0.05, 0) is 56.3 Å². The van der Waals surface area contributed by atoms with E-state index in [1.807, 2.05) is 0 Å². The monoisotopic (exact) mass is 320 g/mol. The summed E-state index contributed by atoms with van der Waals surface area (Å²) in [6.45, 7) is 5.89. The Kier molecular flexibility index (Phi) is 8.19. The van der Waals surface area contributed by atoms with Crippen LogP contribution in [0, 0.1) is 17.8 Å². The number of hydrogen-bond acceptors (Lipinski definition) is 2. The zero-order valence-electron chi connectivity index (χ0n) is 15.1. The number of rotatable bonds is 8. The standard InChI is InChI=1S/C21H36O2/c1-3-5-6-8-17-9-11-18(12-10-17)19-13-15-20(16-14-19)23-21(22)7-4-2/h4,17-20H,2-3,5-16H2,1H3/t17-,18-,19?,20?. The molecule has 0 spiro atoms. The molecule has 0 aromatic rings. The second kappa shape index (κ2) is 10.2. The molecule has 0 aromatic heterocycles. The first-order valence-corrected chi connectivity index (χ1v) is 10.0. The first-order valence-electron chi connectivity index (χ1n) is 10.0. The molecule has 0 saturated heterocycles. The Morgan fingerprint density at radius 2 is 1.61 bits per heavy atom. The molecule has 2 aliphatic rings. The summed E-state index contributed by atoms with van der Waals surface area (Å²) < 4.78 is 5.53. The van der Waals surface area contributed by atoms with E-state index in [9.17, 15) is 4.79 Å². The van der Waals surface area contributed by atoms with Crippen molar-refractivity contribution in [2.45, 2.75) is 96.5 Å². The molecule has 2 rings (SSSR count). The lowest BCUT2D eigenvalue weighted by atomic mass is 9.70. The van der Waals surface area contributed by atoms with Gasteiger partial charge in [0.1, 0.15) is 6.10 Å². The molecule has 2 aliphatic carbocycles. The quantitative estimate of drug-likeness (QED) is 0.309. The minimum absolute atomic E-state index is 0.101. The minimum Gasteiger partial charge on any atom is -0.462 e. The molecular weight excluding hydrogens is 284 g/mol. The van der Waals surface area contributed by atoms with Crippen molar-refractivity contribution in [1.29, 1.82) is 0 Å². The van der Waals surface area contributed by atoms with Gasteiger partial charge in [0.25, 0.3) is 0 Å². The Balaban J connectivity index is 1.62. The van der Waals surface area contributed by atoms with Gasteiger partial charge in [0.05, 0.1) is 6.42 Å². The normalized spacial score (nSPS) is 31.5. The number of hydrogen-bond donors (Lipinski definition) is 0. The molecule has 2 heteroatoms. The molecule has 0 aliphatic heterocycles. The highest BCUT2D eigenvalue weighted by atomic mass is 16.5. The molecule has 2 nitrogen and oxygen atoms in total. The number of unbranched alkanes of at least 4 members (excludes halogenated alkanes) is 2. The van der Waals surface area contributed by atoms with Gasteiger partial charge >= 0.3 is 5.97 Å². The topological polar surface area (TPSA) is 26.3 Å². The zero-order valence-corrected chi connectivity index (χ0v) is 15.1. The van der Waals surface area contributed by atoms with Crippen LogP contribution in [-0.4, -0.2) is 12.1 Å². The molecule has 0 atom stereocenters. The highest BCUT2D eigenvalue weighted by molar-refractivity contribution is 5.71. The van der Waals surface area contributed by atoms with Gasteiger partial charge < -0.3 is 4.74 Å². The average Bonchev–Trinajstić information content (AvgIpc) is 2.57. The summed E-state index contributed by atoms with van der Waals surface area (Å²) in [5, 5.41) is 0. The summed E-state index contributed by atoms with van der Waals surface area (Å²) in [6.07, 6.45) is 18.3. The van der Waals surface area contributed by atoms with Crippen molar-refractivity contribution in [2.75, 3.05) is 0 Å². The maximum absolute atomic E-state index is 11.5. The molecule has 0 bridgehead atoms. The van der Waals surface area contributed by atoms with Crippen molar-refractivity contribution < 1.29 is 9.53 Å². The summed E-state index contributed by atoms with van der Waals surface area (Å²) in [5.41, 5.74) is 0. The van der Waals surface area contributed by atoms with Crippen LogP contribution in [0.25, 0.3) is 0 Å². The summed E-state index contributed by atoms with van der Waals surface area (Å²) >= 11 is 0. The van der Waals surface area contributed by atoms with E-state index in [0.717, 1.165) is 30.6 Å². The van der Waals surface area contributed by atoms with E-state index < -0.39 is 0 Å². The fourth-order valence-corrected chi connectivity index (χ4v) is 4.66. The summed E-state index contributed by atoms with van der Waals surface area (Å²) in [6, 6.07) is 0. The first kappa shape index (κ1) is 18.5. The maximum Gasteiger partial charge on any atom is 0.309 e. The van der Waals surface area contributed by atoms with Crippen LogP contribution in [0.15, 0.2) is 12.7 Å². The van der Waals surface area contributed by atoms with E-state index in [1.165, 1.54) is 64.2 Å². The van der Waals surface area contributed by atoms with Gasteiger partial charge in [0.2, 0.25) is 0 Å². The van der Waals surface area contributed by atoms with Gasteiger partial charge in [-0.15, -0.1) is 6.58 Å². The highest BCUT2D eigenvalue weighted by Gasteiger charge is 2.31. The Labute approximate surface area is 143 Å². The molecule has 0 aromatic carbocycles. The smallest absolute Gasteiger partial charge is 0.309 e. The zero-order chi connectivity index (χ0) is 16.5. The second-order valence-corrected chi connectivity index (χ2v) is 7.80. The van der Waals surface area contributed by atoms with Gasteiger partial charge in [-0.3, -0.25) is 4.79 Å². The Bertz CT molecular complexity index is 347. The van der Waals surface area contributed by atoms with Crippen molar-refractivity contribution >= 4 is 5.97 Å². The van der Waals surface area contributed by atoms with Crippen molar-refractivity contribution in [3.8, 4) is 0 Å². The van der Waals surface area contributed by atoms with Crippen LogP contribution in [0.4, 0.5) is 0 Å². The molecule has 0 N–H and O–H groups in total. The number of esters is 1. The lowest BCUT2D eigenvalue weighted by Crippen LogP contribution is -2.29. The van der Waals surface area contributed by atoms with Gasteiger partial charge in [-0.2, -0.15) is 0 Å². The van der Waals surface area contributed by atoms with Gasteiger partial charge in [0.15, 0.2) is 0 Å². The first-order chi connectivity index (χ1) is 11.2. The van der Waals surface area contributed by atoms with E-state index in [4.69, 9.17) is 4.74 Å². The van der Waals surface area contributed by atoms with Crippen LogP contribution in [0.1, 0.15) is 90.4 Å². The fourth-order valence-electron chi connectivity index (χ4n) is 4.66. The molecular formula is C21H36O2. The summed E-state index contributed by atoms with van der Waals surface area (Å²) in [7, 11) is 0.